The number of carbonyl (C=O) groups excluding carboxylic acids is 1. The van der Waals surface area contributed by atoms with Crippen LogP contribution in [0.5, 0.6) is 0 Å². The van der Waals surface area contributed by atoms with E-state index in [1.54, 1.807) is 6.92 Å². The first-order valence-electron chi connectivity index (χ1n) is 7.81. The van der Waals surface area contributed by atoms with Gasteiger partial charge in [0.05, 0.1) is 6.61 Å². The van der Waals surface area contributed by atoms with Crippen LogP contribution in [0.25, 0.3) is 0 Å². The predicted molar refractivity (Wildman–Crippen MR) is 80.4 cm³/mol. The predicted octanol–water partition coefficient (Wildman–Crippen LogP) is 1.65. The van der Waals surface area contributed by atoms with Crippen molar-refractivity contribution >= 4 is 5.91 Å². The summed E-state index contributed by atoms with van der Waals surface area (Å²) in [5.41, 5.74) is 0.0116. The van der Waals surface area contributed by atoms with E-state index in [0.717, 1.165) is 58.3 Å². The second-order valence-electron chi connectivity index (χ2n) is 6.46. The molecule has 1 atom stereocenters. The maximum atomic E-state index is 11.4. The molecule has 2 rings (SSSR count). The summed E-state index contributed by atoms with van der Waals surface area (Å²) >= 11 is 0. The van der Waals surface area contributed by atoms with Crippen LogP contribution in [0.2, 0.25) is 0 Å². The Hall–Kier alpha value is -0.870. The van der Waals surface area contributed by atoms with Gasteiger partial charge in [-0.1, -0.05) is 6.08 Å². The monoisotopic (exact) mass is 280 g/mol. The number of allylic oxidation sites excluding steroid dienone is 1. The minimum Gasteiger partial charge on any atom is -0.396 e. The molecule has 0 aromatic heterocycles. The van der Waals surface area contributed by atoms with Crippen LogP contribution in [0.4, 0.5) is 0 Å². The molecule has 20 heavy (non-hydrogen) atoms. The second kappa shape index (κ2) is 6.72. The molecule has 0 saturated carbocycles. The van der Waals surface area contributed by atoms with Gasteiger partial charge in [0.2, 0.25) is 5.91 Å². The molecule has 2 fully saturated rings. The SMILES string of the molecule is C=CC[C@]1(CO)CCCN(C2CCN(C(C)=O)CC2)C1. The highest BCUT2D eigenvalue weighted by Crippen LogP contribution is 2.35. The summed E-state index contributed by atoms with van der Waals surface area (Å²) in [5.74, 6) is 0.193. The van der Waals surface area contributed by atoms with Gasteiger partial charge in [0.25, 0.3) is 0 Å². The van der Waals surface area contributed by atoms with Gasteiger partial charge < -0.3 is 10.0 Å². The number of rotatable bonds is 4. The Morgan fingerprint density at radius 3 is 2.65 bits per heavy atom. The van der Waals surface area contributed by atoms with Gasteiger partial charge in [0.1, 0.15) is 0 Å². The van der Waals surface area contributed by atoms with Crippen molar-refractivity contribution in [1.82, 2.24) is 9.80 Å². The van der Waals surface area contributed by atoms with Crippen LogP contribution >= 0.6 is 0 Å². The Kier molecular flexibility index (Phi) is 5.22. The zero-order valence-corrected chi connectivity index (χ0v) is 12.7. The molecule has 0 bridgehead atoms. The van der Waals surface area contributed by atoms with E-state index in [0.29, 0.717) is 6.04 Å². The molecule has 0 radical (unpaired) electrons. The Bertz CT molecular complexity index is 350. The molecule has 1 N–H and O–H groups in total. The number of nitrogens with zero attached hydrogens (tertiary/aromatic N) is 2. The van der Waals surface area contributed by atoms with Gasteiger partial charge in [-0.15, -0.1) is 6.58 Å². The molecule has 0 unspecified atom stereocenters. The van der Waals surface area contributed by atoms with E-state index in [9.17, 15) is 9.90 Å². The van der Waals surface area contributed by atoms with Crippen LogP contribution < -0.4 is 0 Å². The molecule has 4 heteroatoms. The number of piperidine rings is 2. The molecular weight excluding hydrogens is 252 g/mol. The number of hydrogen-bond donors (Lipinski definition) is 1. The van der Waals surface area contributed by atoms with Crippen molar-refractivity contribution in [3.8, 4) is 0 Å². The Morgan fingerprint density at radius 1 is 1.40 bits per heavy atom. The summed E-state index contributed by atoms with van der Waals surface area (Å²) in [5, 5.41) is 9.78. The molecule has 0 aromatic rings. The average molecular weight is 280 g/mol. The van der Waals surface area contributed by atoms with E-state index in [2.05, 4.69) is 11.5 Å². The normalized spacial score (nSPS) is 29.4. The van der Waals surface area contributed by atoms with Gasteiger partial charge in [0, 0.05) is 38.0 Å². The Morgan fingerprint density at radius 2 is 2.10 bits per heavy atom. The second-order valence-corrected chi connectivity index (χ2v) is 6.46. The fourth-order valence-electron chi connectivity index (χ4n) is 3.77. The summed E-state index contributed by atoms with van der Waals surface area (Å²) in [4.78, 5) is 15.9. The number of likely N-dealkylation sites (tertiary alicyclic amines) is 2. The van der Waals surface area contributed by atoms with Gasteiger partial charge in [-0.25, -0.2) is 0 Å². The van der Waals surface area contributed by atoms with Crippen LogP contribution in [0.15, 0.2) is 12.7 Å². The van der Waals surface area contributed by atoms with E-state index < -0.39 is 0 Å². The summed E-state index contributed by atoms with van der Waals surface area (Å²) < 4.78 is 0. The quantitative estimate of drug-likeness (QED) is 0.796. The summed E-state index contributed by atoms with van der Waals surface area (Å²) in [7, 11) is 0. The molecule has 4 nitrogen and oxygen atoms in total. The summed E-state index contributed by atoms with van der Waals surface area (Å²) in [6.45, 7) is 9.61. The molecule has 1 amide bonds. The standard InChI is InChI=1S/C16H28N2O2/c1-3-7-16(13-19)8-4-9-18(12-16)15-5-10-17(11-6-15)14(2)20/h3,15,19H,1,4-13H2,2H3/t16-/m0/s1. The van der Waals surface area contributed by atoms with Gasteiger partial charge in [-0.2, -0.15) is 0 Å². The number of aliphatic hydroxyl groups excluding tert-OH is 1. The van der Waals surface area contributed by atoms with Crippen LogP contribution in [0, 0.1) is 5.41 Å². The molecule has 0 spiro atoms. The maximum Gasteiger partial charge on any atom is 0.219 e. The lowest BCUT2D eigenvalue weighted by Gasteiger charge is -2.46. The number of carbonyl (C=O) groups is 1. The van der Waals surface area contributed by atoms with Crippen molar-refractivity contribution in [3.63, 3.8) is 0 Å². The summed E-state index contributed by atoms with van der Waals surface area (Å²) in [6.07, 6.45) is 7.22. The lowest BCUT2D eigenvalue weighted by Crippen LogP contribution is -2.53. The number of hydrogen-bond acceptors (Lipinski definition) is 3. The van der Waals surface area contributed by atoms with Crippen LogP contribution in [0.1, 0.15) is 39.0 Å². The van der Waals surface area contributed by atoms with Crippen LogP contribution in [-0.2, 0) is 4.79 Å². The topological polar surface area (TPSA) is 43.8 Å². The fraction of sp³-hybridized carbons (Fsp3) is 0.812. The molecule has 0 aliphatic carbocycles. The van der Waals surface area contributed by atoms with Crippen molar-refractivity contribution in [2.75, 3.05) is 32.8 Å². The van der Waals surface area contributed by atoms with E-state index >= 15 is 0 Å². The highest BCUT2D eigenvalue weighted by atomic mass is 16.3. The van der Waals surface area contributed by atoms with Gasteiger partial charge in [0.15, 0.2) is 0 Å². The third kappa shape index (κ3) is 3.41. The average Bonchev–Trinajstić information content (AvgIpc) is 2.48. The minimum absolute atomic E-state index is 0.0116. The van der Waals surface area contributed by atoms with E-state index in [4.69, 9.17) is 0 Å². The smallest absolute Gasteiger partial charge is 0.219 e. The van der Waals surface area contributed by atoms with Crippen molar-refractivity contribution in [2.24, 2.45) is 5.41 Å². The molecular formula is C16H28N2O2. The zero-order valence-electron chi connectivity index (χ0n) is 12.7. The highest BCUT2D eigenvalue weighted by molar-refractivity contribution is 5.73. The highest BCUT2D eigenvalue weighted by Gasteiger charge is 2.37. The van der Waals surface area contributed by atoms with Crippen molar-refractivity contribution in [1.29, 1.82) is 0 Å². The van der Waals surface area contributed by atoms with Crippen LogP contribution in [-0.4, -0.2) is 59.6 Å². The fourth-order valence-corrected chi connectivity index (χ4v) is 3.77. The molecule has 2 aliphatic heterocycles. The molecule has 114 valence electrons. The number of aliphatic hydroxyl groups is 1. The third-order valence-corrected chi connectivity index (χ3v) is 5.03. The lowest BCUT2D eigenvalue weighted by atomic mass is 9.77. The van der Waals surface area contributed by atoms with Crippen molar-refractivity contribution in [2.45, 2.75) is 45.1 Å². The zero-order chi connectivity index (χ0) is 14.6. The Balaban J connectivity index is 1.93. The van der Waals surface area contributed by atoms with Crippen molar-refractivity contribution < 1.29 is 9.90 Å². The van der Waals surface area contributed by atoms with E-state index in [1.165, 1.54) is 0 Å². The maximum absolute atomic E-state index is 11.4. The van der Waals surface area contributed by atoms with Crippen molar-refractivity contribution in [3.05, 3.63) is 12.7 Å². The Labute approximate surface area is 122 Å². The third-order valence-electron chi connectivity index (χ3n) is 5.03. The summed E-state index contributed by atoms with van der Waals surface area (Å²) in [6, 6.07) is 0.571. The largest absolute Gasteiger partial charge is 0.396 e. The van der Waals surface area contributed by atoms with Crippen LogP contribution in [0.3, 0.4) is 0 Å². The van der Waals surface area contributed by atoms with E-state index in [1.807, 2.05) is 11.0 Å². The van der Waals surface area contributed by atoms with Gasteiger partial charge in [-0.3, -0.25) is 9.69 Å². The van der Waals surface area contributed by atoms with Gasteiger partial charge >= 0.3 is 0 Å². The number of amides is 1. The lowest BCUT2D eigenvalue weighted by molar-refractivity contribution is -0.130. The van der Waals surface area contributed by atoms with E-state index in [-0.39, 0.29) is 17.9 Å². The molecule has 2 aliphatic rings. The minimum atomic E-state index is 0.0116. The molecule has 2 heterocycles. The molecule has 0 aromatic carbocycles. The first-order valence-corrected chi connectivity index (χ1v) is 7.81. The van der Waals surface area contributed by atoms with Gasteiger partial charge in [-0.05, 0) is 38.6 Å². The first kappa shape index (κ1) is 15.5. The molecule has 2 saturated heterocycles. The first-order chi connectivity index (χ1) is 9.60.